The summed E-state index contributed by atoms with van der Waals surface area (Å²) in [4.78, 5) is 33.9. The van der Waals surface area contributed by atoms with Gasteiger partial charge < -0.3 is 19.2 Å². The standard InChI is InChI=1S/C25H20ClN3O3/c26-16-6-3-5-15(11-16)24-23-19(18-8-1-2-9-20(18)27-23)12-21-25(31)28(14-22(30)29(21)24)13-17-7-4-10-32-17/h1-11,21,24,27H,12-14H2/t21-,24+/m0/s1. The molecule has 2 aliphatic rings. The highest BCUT2D eigenvalue weighted by molar-refractivity contribution is 6.30. The molecular formula is C25H20ClN3O3. The number of halogens is 1. The van der Waals surface area contributed by atoms with Crippen LogP contribution < -0.4 is 0 Å². The predicted octanol–water partition coefficient (Wildman–Crippen LogP) is 4.30. The number of carbonyl (C=O) groups is 2. The number of benzene rings is 2. The van der Waals surface area contributed by atoms with Crippen LogP contribution >= 0.6 is 11.6 Å². The Hall–Kier alpha value is -3.51. The van der Waals surface area contributed by atoms with E-state index >= 15 is 0 Å². The van der Waals surface area contributed by atoms with Gasteiger partial charge in [-0.3, -0.25) is 9.59 Å². The highest BCUT2D eigenvalue weighted by Gasteiger charge is 2.48. The van der Waals surface area contributed by atoms with Crippen molar-refractivity contribution in [2.45, 2.75) is 25.0 Å². The van der Waals surface area contributed by atoms with Gasteiger partial charge in [0.1, 0.15) is 18.3 Å². The second kappa shape index (κ2) is 7.28. The van der Waals surface area contributed by atoms with Crippen molar-refractivity contribution in [3.63, 3.8) is 0 Å². The zero-order chi connectivity index (χ0) is 21.8. The summed E-state index contributed by atoms with van der Waals surface area (Å²) in [5.74, 6) is 0.508. The Morgan fingerprint density at radius 3 is 2.75 bits per heavy atom. The molecule has 0 unspecified atom stereocenters. The fraction of sp³-hybridized carbons (Fsp3) is 0.200. The van der Waals surface area contributed by atoms with E-state index in [2.05, 4.69) is 11.1 Å². The van der Waals surface area contributed by atoms with Crippen molar-refractivity contribution < 1.29 is 14.0 Å². The number of aromatic nitrogens is 1. The molecule has 2 amide bonds. The molecule has 0 bridgehead atoms. The molecule has 0 saturated carbocycles. The number of fused-ring (bicyclic) bond motifs is 4. The van der Waals surface area contributed by atoms with Gasteiger partial charge in [-0.1, -0.05) is 41.9 Å². The van der Waals surface area contributed by atoms with Gasteiger partial charge in [0.15, 0.2) is 0 Å². The minimum absolute atomic E-state index is 0.0165. The number of aromatic amines is 1. The lowest BCUT2D eigenvalue weighted by Crippen LogP contribution is -2.62. The number of piperazine rings is 1. The van der Waals surface area contributed by atoms with E-state index in [0.717, 1.165) is 27.7 Å². The molecule has 0 radical (unpaired) electrons. The van der Waals surface area contributed by atoms with Crippen LogP contribution in [0.1, 0.15) is 28.6 Å². The van der Waals surface area contributed by atoms with Crippen molar-refractivity contribution in [2.75, 3.05) is 6.54 Å². The first-order valence-electron chi connectivity index (χ1n) is 10.6. The van der Waals surface area contributed by atoms with Gasteiger partial charge >= 0.3 is 0 Å². The second-order valence-corrected chi connectivity index (χ2v) is 8.75. The third kappa shape index (κ3) is 2.94. The fourth-order valence-electron chi connectivity index (χ4n) is 5.07. The van der Waals surface area contributed by atoms with Gasteiger partial charge in [0, 0.05) is 28.0 Å². The van der Waals surface area contributed by atoms with Crippen LogP contribution in [0.4, 0.5) is 0 Å². The lowest BCUT2D eigenvalue weighted by molar-refractivity contribution is -0.159. The van der Waals surface area contributed by atoms with Crippen LogP contribution in [0, 0.1) is 0 Å². The maximum Gasteiger partial charge on any atom is 0.246 e. The normalized spacial score (nSPS) is 20.5. The molecule has 1 fully saturated rings. The molecule has 2 atom stereocenters. The first-order chi connectivity index (χ1) is 15.6. The lowest BCUT2D eigenvalue weighted by atomic mass is 9.86. The van der Waals surface area contributed by atoms with Gasteiger partial charge in [-0.2, -0.15) is 0 Å². The van der Waals surface area contributed by atoms with Crippen molar-refractivity contribution >= 4 is 34.3 Å². The topological polar surface area (TPSA) is 69.6 Å². The Kier molecular flexibility index (Phi) is 4.36. The summed E-state index contributed by atoms with van der Waals surface area (Å²) in [6, 6.07) is 18.2. The number of carbonyl (C=O) groups excluding carboxylic acids is 2. The third-order valence-corrected chi connectivity index (χ3v) is 6.67. The van der Waals surface area contributed by atoms with Gasteiger partial charge in [0.2, 0.25) is 11.8 Å². The van der Waals surface area contributed by atoms with Crippen molar-refractivity contribution in [2.24, 2.45) is 0 Å². The number of nitrogens with one attached hydrogen (secondary N) is 1. The number of nitrogens with zero attached hydrogens (tertiary/aromatic N) is 2. The number of hydrogen-bond acceptors (Lipinski definition) is 3. The maximum atomic E-state index is 13.6. The molecule has 1 N–H and O–H groups in total. The monoisotopic (exact) mass is 445 g/mol. The predicted molar refractivity (Wildman–Crippen MR) is 120 cm³/mol. The summed E-state index contributed by atoms with van der Waals surface area (Å²) in [5, 5.41) is 1.68. The smallest absolute Gasteiger partial charge is 0.246 e. The first kappa shape index (κ1) is 19.2. The highest BCUT2D eigenvalue weighted by Crippen LogP contribution is 2.43. The third-order valence-electron chi connectivity index (χ3n) is 6.43. The fourth-order valence-corrected chi connectivity index (χ4v) is 5.27. The van der Waals surface area contributed by atoms with Crippen LogP contribution in [0.2, 0.25) is 5.02 Å². The van der Waals surface area contributed by atoms with Crippen molar-refractivity contribution in [3.05, 3.63) is 94.5 Å². The largest absolute Gasteiger partial charge is 0.467 e. The van der Waals surface area contributed by atoms with Crippen molar-refractivity contribution in [3.8, 4) is 0 Å². The second-order valence-electron chi connectivity index (χ2n) is 8.31. The van der Waals surface area contributed by atoms with Crippen LogP contribution in [-0.2, 0) is 22.6 Å². The van der Waals surface area contributed by atoms with Crippen molar-refractivity contribution in [1.29, 1.82) is 0 Å². The molecule has 2 aromatic heterocycles. The molecule has 2 aromatic carbocycles. The highest BCUT2D eigenvalue weighted by atomic mass is 35.5. The summed E-state index contributed by atoms with van der Waals surface area (Å²) in [6.07, 6.45) is 2.04. The summed E-state index contributed by atoms with van der Waals surface area (Å²) < 4.78 is 5.42. The summed E-state index contributed by atoms with van der Waals surface area (Å²) >= 11 is 6.31. The Morgan fingerprint density at radius 1 is 1.06 bits per heavy atom. The van der Waals surface area contributed by atoms with Crippen LogP contribution in [0.3, 0.4) is 0 Å². The van der Waals surface area contributed by atoms with E-state index in [9.17, 15) is 9.59 Å². The maximum absolute atomic E-state index is 13.6. The number of rotatable bonds is 3. The zero-order valence-electron chi connectivity index (χ0n) is 17.1. The molecule has 6 nitrogen and oxygen atoms in total. The SMILES string of the molecule is O=C1[C@@H]2Cc3c([nH]c4ccccc34)[C@@H](c3cccc(Cl)c3)N2C(=O)CN1Cc1ccco1. The number of amides is 2. The molecule has 6 rings (SSSR count). The van der Waals surface area contributed by atoms with Gasteiger partial charge in [-0.15, -0.1) is 0 Å². The molecule has 0 aliphatic carbocycles. The Balaban J connectivity index is 1.49. The minimum Gasteiger partial charge on any atom is -0.467 e. The van der Waals surface area contributed by atoms with E-state index in [1.165, 1.54) is 0 Å². The average Bonchev–Trinajstić information content (AvgIpc) is 3.43. The molecule has 7 heteroatoms. The van der Waals surface area contributed by atoms with E-state index < -0.39 is 12.1 Å². The van der Waals surface area contributed by atoms with Crippen LogP contribution in [-0.4, -0.2) is 39.2 Å². The summed E-state index contributed by atoms with van der Waals surface area (Å²) in [5.41, 5.74) is 3.91. The zero-order valence-corrected chi connectivity index (χ0v) is 17.9. The Bertz CT molecular complexity index is 1340. The molecule has 2 aliphatic heterocycles. The first-order valence-corrected chi connectivity index (χ1v) is 11.0. The number of H-pyrrole nitrogens is 1. The average molecular weight is 446 g/mol. The quantitative estimate of drug-likeness (QED) is 0.511. The Labute approximate surface area is 189 Å². The molecule has 160 valence electrons. The molecule has 4 heterocycles. The van der Waals surface area contributed by atoms with Gasteiger partial charge in [0.25, 0.3) is 0 Å². The Morgan fingerprint density at radius 2 is 1.94 bits per heavy atom. The van der Waals surface area contributed by atoms with Crippen LogP contribution in [0.15, 0.2) is 71.3 Å². The van der Waals surface area contributed by atoms with E-state index in [1.54, 1.807) is 22.1 Å². The van der Waals surface area contributed by atoms with Crippen molar-refractivity contribution in [1.82, 2.24) is 14.8 Å². The van der Waals surface area contributed by atoms with E-state index in [-0.39, 0.29) is 24.9 Å². The minimum atomic E-state index is -0.582. The van der Waals surface area contributed by atoms with Gasteiger partial charge in [-0.25, -0.2) is 0 Å². The number of para-hydroxylation sites is 1. The number of furan rings is 1. The molecule has 4 aromatic rings. The summed E-state index contributed by atoms with van der Waals surface area (Å²) in [6.45, 7) is 0.299. The molecular weight excluding hydrogens is 426 g/mol. The number of hydrogen-bond donors (Lipinski definition) is 1. The lowest BCUT2D eigenvalue weighted by Gasteiger charge is -2.47. The van der Waals surface area contributed by atoms with Crippen LogP contribution in [0.5, 0.6) is 0 Å². The van der Waals surface area contributed by atoms with Crippen LogP contribution in [0.25, 0.3) is 10.9 Å². The van der Waals surface area contributed by atoms with E-state index in [4.69, 9.17) is 16.0 Å². The summed E-state index contributed by atoms with van der Waals surface area (Å²) in [7, 11) is 0. The van der Waals surface area contributed by atoms with E-state index in [1.807, 2.05) is 48.5 Å². The van der Waals surface area contributed by atoms with Gasteiger partial charge in [-0.05, 0) is 41.5 Å². The van der Waals surface area contributed by atoms with Gasteiger partial charge in [0.05, 0.1) is 18.8 Å². The molecule has 1 saturated heterocycles. The molecule has 0 spiro atoms. The van der Waals surface area contributed by atoms with E-state index in [0.29, 0.717) is 17.2 Å². The molecule has 32 heavy (non-hydrogen) atoms.